The van der Waals surface area contributed by atoms with Gasteiger partial charge in [-0.05, 0) is 0 Å². The van der Waals surface area contributed by atoms with E-state index in [4.69, 9.17) is 15.3 Å². The summed E-state index contributed by atoms with van der Waals surface area (Å²) in [6.07, 6.45) is 3.17. The Labute approximate surface area is 212 Å². The van der Waals surface area contributed by atoms with Gasteiger partial charge in [0.25, 0.3) is 11.8 Å². The summed E-state index contributed by atoms with van der Waals surface area (Å²) in [5.74, 6) is -3.06. The zero-order chi connectivity index (χ0) is 26.0. The number of carboxylic acid groups (broad SMARTS) is 1. The first-order valence-electron chi connectivity index (χ1n) is 10.4. The SMILES string of the molecule is CC(=O)OCC1=C(C(=O)O)N2C(=O)[C@@H](NC(=O)C(=NOCc3cncn3C)c3csc(N)n3)[C@@H]2SC1. The number of carbonyl (C=O) groups excluding carboxylic acids is 3. The molecule has 2 aromatic heterocycles. The maximum atomic E-state index is 13.1. The number of carbonyl (C=O) groups is 4. The minimum Gasteiger partial charge on any atom is -0.477 e. The van der Waals surface area contributed by atoms with Crippen molar-refractivity contribution < 1.29 is 33.9 Å². The van der Waals surface area contributed by atoms with Gasteiger partial charge in [0, 0.05) is 30.7 Å². The van der Waals surface area contributed by atoms with E-state index in [0.29, 0.717) is 11.3 Å². The first-order chi connectivity index (χ1) is 17.2. The second kappa shape index (κ2) is 10.4. The predicted octanol–water partition coefficient (Wildman–Crippen LogP) is -0.319. The lowest BCUT2D eigenvalue weighted by molar-refractivity contribution is -0.150. The number of aliphatic carboxylic acids is 1. The number of β-lactam (4-membered cyclic amide) rings is 1. The minimum atomic E-state index is -1.33. The van der Waals surface area contributed by atoms with Crippen molar-refractivity contribution in [1.82, 2.24) is 24.8 Å². The molecule has 2 aromatic rings. The van der Waals surface area contributed by atoms with E-state index >= 15 is 0 Å². The smallest absolute Gasteiger partial charge is 0.352 e. The lowest BCUT2D eigenvalue weighted by atomic mass is 10.0. The number of amides is 2. The number of hydrogen-bond donors (Lipinski definition) is 3. The van der Waals surface area contributed by atoms with Crippen molar-refractivity contribution in [3.63, 3.8) is 0 Å². The van der Waals surface area contributed by atoms with Gasteiger partial charge >= 0.3 is 11.9 Å². The molecule has 1 saturated heterocycles. The van der Waals surface area contributed by atoms with Crippen LogP contribution in [0.1, 0.15) is 18.3 Å². The van der Waals surface area contributed by atoms with Crippen LogP contribution in [0.4, 0.5) is 5.13 Å². The second-order valence-electron chi connectivity index (χ2n) is 7.68. The number of rotatable bonds is 9. The first-order valence-corrected chi connectivity index (χ1v) is 12.3. The van der Waals surface area contributed by atoms with Gasteiger partial charge in [-0.3, -0.25) is 19.3 Å². The molecule has 0 aliphatic carbocycles. The molecular formula is C20H21N7O7S2. The molecule has 36 heavy (non-hydrogen) atoms. The fraction of sp³-hybridized carbons (Fsp3) is 0.350. The molecule has 2 aliphatic rings. The Morgan fingerprint density at radius 3 is 2.75 bits per heavy atom. The molecule has 0 radical (unpaired) electrons. The molecule has 2 amide bonds. The average molecular weight is 536 g/mol. The highest BCUT2D eigenvalue weighted by atomic mass is 32.2. The number of esters is 1. The van der Waals surface area contributed by atoms with Crippen LogP contribution in [0.2, 0.25) is 0 Å². The average Bonchev–Trinajstić information content (AvgIpc) is 3.45. The van der Waals surface area contributed by atoms with Crippen molar-refractivity contribution in [3.05, 3.63) is 40.6 Å². The standard InChI is InChI=1S/C20H21N7O7S2/c1-9(28)33-4-10-6-35-18-14(17(30)27(18)15(10)19(31)32)24-16(29)13(12-7-36-20(21)23-12)25-34-5-11-3-22-8-26(11)2/h3,7-8,14,18H,4-6H2,1-2H3,(H2,21,23)(H,24,29)(H,31,32)/t14-,18+/m1/s1. The topological polar surface area (TPSA) is 191 Å². The molecule has 0 unspecified atom stereocenters. The molecule has 4 N–H and O–H groups in total. The van der Waals surface area contributed by atoms with Crippen LogP contribution in [-0.4, -0.2) is 77.8 Å². The maximum absolute atomic E-state index is 13.1. The number of hydrogen-bond acceptors (Lipinski definition) is 12. The highest BCUT2D eigenvalue weighted by molar-refractivity contribution is 8.00. The normalized spacial score (nSPS) is 19.4. The molecular weight excluding hydrogens is 514 g/mol. The highest BCUT2D eigenvalue weighted by Gasteiger charge is 2.54. The molecule has 4 rings (SSSR count). The van der Waals surface area contributed by atoms with Gasteiger partial charge in [0.2, 0.25) is 0 Å². The fourth-order valence-electron chi connectivity index (χ4n) is 3.48. The molecule has 4 heterocycles. The molecule has 190 valence electrons. The molecule has 2 atom stereocenters. The molecule has 0 saturated carbocycles. The number of nitrogens with two attached hydrogens (primary N) is 1. The van der Waals surface area contributed by atoms with Gasteiger partial charge in [0.15, 0.2) is 17.5 Å². The van der Waals surface area contributed by atoms with E-state index in [1.807, 2.05) is 0 Å². The van der Waals surface area contributed by atoms with Gasteiger partial charge < -0.3 is 30.3 Å². The van der Waals surface area contributed by atoms with E-state index in [9.17, 15) is 24.3 Å². The van der Waals surface area contributed by atoms with Gasteiger partial charge in [-0.2, -0.15) is 0 Å². The first kappa shape index (κ1) is 25.2. The number of aromatic nitrogens is 3. The van der Waals surface area contributed by atoms with Crippen molar-refractivity contribution in [3.8, 4) is 0 Å². The Morgan fingerprint density at radius 1 is 1.36 bits per heavy atom. The summed E-state index contributed by atoms with van der Waals surface area (Å²) in [5.41, 5.74) is 6.42. The van der Waals surface area contributed by atoms with Crippen molar-refractivity contribution in [2.75, 3.05) is 18.1 Å². The number of imidazole rings is 1. The van der Waals surface area contributed by atoms with Crippen molar-refractivity contribution in [1.29, 1.82) is 0 Å². The van der Waals surface area contributed by atoms with E-state index < -0.39 is 35.2 Å². The Kier molecular flexibility index (Phi) is 7.25. The molecule has 1 fully saturated rings. The van der Waals surface area contributed by atoms with Gasteiger partial charge in [0.1, 0.15) is 29.4 Å². The summed E-state index contributed by atoms with van der Waals surface area (Å²) in [7, 11) is 1.78. The Hall–Kier alpha value is -3.92. The molecule has 0 bridgehead atoms. The van der Waals surface area contributed by atoms with Crippen LogP contribution in [0, 0.1) is 0 Å². The highest BCUT2D eigenvalue weighted by Crippen LogP contribution is 2.40. The number of thiazole rings is 1. The number of carboxylic acids is 1. The number of anilines is 1. The Balaban J connectivity index is 1.50. The Bertz CT molecular complexity index is 1280. The maximum Gasteiger partial charge on any atom is 0.352 e. The second-order valence-corrected chi connectivity index (χ2v) is 9.67. The van der Waals surface area contributed by atoms with E-state index in [1.54, 1.807) is 24.1 Å². The summed E-state index contributed by atoms with van der Waals surface area (Å²) >= 11 is 2.34. The zero-order valence-electron chi connectivity index (χ0n) is 19.0. The van der Waals surface area contributed by atoms with Gasteiger partial charge in [-0.25, -0.2) is 14.8 Å². The van der Waals surface area contributed by atoms with Gasteiger partial charge in [-0.1, -0.05) is 5.16 Å². The third-order valence-corrected chi connectivity index (χ3v) is 7.26. The summed E-state index contributed by atoms with van der Waals surface area (Å²) < 4.78 is 6.64. The summed E-state index contributed by atoms with van der Waals surface area (Å²) in [4.78, 5) is 63.5. The third kappa shape index (κ3) is 5.03. The monoisotopic (exact) mass is 535 g/mol. The van der Waals surface area contributed by atoms with Crippen LogP contribution in [-0.2, 0) is 42.4 Å². The quantitative estimate of drug-likeness (QED) is 0.165. The largest absolute Gasteiger partial charge is 0.477 e. The zero-order valence-corrected chi connectivity index (χ0v) is 20.7. The number of nitrogens with zero attached hydrogens (tertiary/aromatic N) is 5. The van der Waals surface area contributed by atoms with E-state index in [0.717, 1.165) is 16.2 Å². The van der Waals surface area contributed by atoms with Crippen molar-refractivity contribution in [2.24, 2.45) is 12.2 Å². The van der Waals surface area contributed by atoms with E-state index in [1.165, 1.54) is 24.1 Å². The minimum absolute atomic E-state index is 0.0272. The molecule has 0 aromatic carbocycles. The number of fused-ring (bicyclic) bond motifs is 1. The Morgan fingerprint density at radius 2 is 2.14 bits per heavy atom. The van der Waals surface area contributed by atoms with Crippen molar-refractivity contribution in [2.45, 2.75) is 24.9 Å². The van der Waals surface area contributed by atoms with Crippen LogP contribution in [0.15, 0.2) is 34.3 Å². The number of nitrogen functional groups attached to an aromatic ring is 1. The molecule has 16 heteroatoms. The number of nitrogens with one attached hydrogen (secondary N) is 1. The number of oxime groups is 1. The number of thioether (sulfide) groups is 1. The van der Waals surface area contributed by atoms with Crippen LogP contribution in [0.25, 0.3) is 0 Å². The van der Waals surface area contributed by atoms with Crippen molar-refractivity contribution >= 4 is 57.7 Å². The lowest BCUT2D eigenvalue weighted by Crippen LogP contribution is -2.71. The molecule has 2 aliphatic heterocycles. The van der Waals surface area contributed by atoms with Gasteiger partial charge in [-0.15, -0.1) is 23.1 Å². The van der Waals surface area contributed by atoms with E-state index in [-0.39, 0.29) is 41.2 Å². The summed E-state index contributed by atoms with van der Waals surface area (Å²) in [6, 6.07) is -1.01. The predicted molar refractivity (Wildman–Crippen MR) is 127 cm³/mol. The lowest BCUT2D eigenvalue weighted by Gasteiger charge is -2.49. The number of aryl methyl sites for hydroxylation is 1. The number of ether oxygens (including phenoxy) is 1. The van der Waals surface area contributed by atoms with Crippen LogP contribution >= 0.6 is 23.1 Å². The van der Waals surface area contributed by atoms with E-state index in [2.05, 4.69) is 20.4 Å². The van der Waals surface area contributed by atoms with Crippen LogP contribution < -0.4 is 11.1 Å². The molecule has 0 spiro atoms. The van der Waals surface area contributed by atoms with Crippen LogP contribution in [0.3, 0.4) is 0 Å². The van der Waals surface area contributed by atoms with Crippen LogP contribution in [0.5, 0.6) is 0 Å². The third-order valence-electron chi connectivity index (χ3n) is 5.25. The fourth-order valence-corrected chi connectivity index (χ4v) is 5.36. The summed E-state index contributed by atoms with van der Waals surface area (Å²) in [6.45, 7) is 0.989. The summed E-state index contributed by atoms with van der Waals surface area (Å²) in [5, 5.41) is 17.3. The molecule has 14 nitrogen and oxygen atoms in total. The van der Waals surface area contributed by atoms with Gasteiger partial charge in [0.05, 0.1) is 18.2 Å².